The van der Waals surface area contributed by atoms with E-state index in [1.165, 1.54) is 6.07 Å². The summed E-state index contributed by atoms with van der Waals surface area (Å²) in [5.74, 6) is -1.56. The van der Waals surface area contributed by atoms with Crippen LogP contribution in [0.15, 0.2) is 56.5 Å². The van der Waals surface area contributed by atoms with E-state index in [1.807, 2.05) is 0 Å². The van der Waals surface area contributed by atoms with E-state index >= 15 is 0 Å². The van der Waals surface area contributed by atoms with E-state index < -0.39 is 22.7 Å². The summed E-state index contributed by atoms with van der Waals surface area (Å²) in [6.45, 7) is 0. The van der Waals surface area contributed by atoms with Crippen LogP contribution in [0.4, 0.5) is 0 Å². The first-order chi connectivity index (χ1) is 12.5. The van der Waals surface area contributed by atoms with E-state index in [0.29, 0.717) is 26.9 Å². The normalized spacial score (nSPS) is 11.8. The van der Waals surface area contributed by atoms with Crippen LogP contribution in [-0.4, -0.2) is 15.3 Å². The number of rotatable bonds is 0. The van der Waals surface area contributed by atoms with E-state index in [-0.39, 0.29) is 22.0 Å². The molecule has 26 heavy (non-hydrogen) atoms. The van der Waals surface area contributed by atoms with E-state index in [9.17, 15) is 24.9 Å². The first kappa shape index (κ1) is 14.5. The van der Waals surface area contributed by atoms with Gasteiger partial charge in [0.2, 0.25) is 16.9 Å². The van der Waals surface area contributed by atoms with Crippen LogP contribution >= 0.6 is 0 Å². The molecule has 0 saturated carbocycles. The molecule has 0 amide bonds. The molecule has 0 unspecified atom stereocenters. The van der Waals surface area contributed by atoms with Gasteiger partial charge in [0.15, 0.2) is 22.3 Å². The SMILES string of the molecule is O=c1cc2c(=O)c3ccccc3c3c4ccc(O)c(O)c4oc(c1O)c23. The Morgan fingerprint density at radius 1 is 0.692 bits per heavy atom. The highest BCUT2D eigenvalue weighted by Gasteiger charge is 2.22. The summed E-state index contributed by atoms with van der Waals surface area (Å²) >= 11 is 0. The van der Waals surface area contributed by atoms with Gasteiger partial charge in [-0.1, -0.05) is 24.3 Å². The lowest BCUT2D eigenvalue weighted by molar-refractivity contribution is 0.400. The fourth-order valence-corrected chi connectivity index (χ4v) is 3.57. The maximum absolute atomic E-state index is 12.9. The second-order valence-corrected chi connectivity index (χ2v) is 6.14. The Hall–Kier alpha value is -3.80. The van der Waals surface area contributed by atoms with Gasteiger partial charge in [-0.25, -0.2) is 0 Å². The highest BCUT2D eigenvalue weighted by atomic mass is 16.4. The number of fused-ring (bicyclic) bond motifs is 4. The molecule has 6 heteroatoms. The first-order valence-electron chi connectivity index (χ1n) is 7.80. The third-order valence-electron chi connectivity index (χ3n) is 4.74. The molecule has 3 N–H and O–H groups in total. The summed E-state index contributed by atoms with van der Waals surface area (Å²) in [7, 11) is 0. The molecule has 0 radical (unpaired) electrons. The molecule has 126 valence electrons. The second kappa shape index (κ2) is 4.64. The molecule has 0 atom stereocenters. The minimum Gasteiger partial charge on any atom is -0.504 e. The van der Waals surface area contributed by atoms with Gasteiger partial charge < -0.3 is 19.7 Å². The quantitative estimate of drug-likeness (QED) is 0.226. The van der Waals surface area contributed by atoms with Crippen LogP contribution in [0, 0.1) is 0 Å². The second-order valence-electron chi connectivity index (χ2n) is 6.14. The van der Waals surface area contributed by atoms with Crippen LogP contribution in [0.3, 0.4) is 0 Å². The van der Waals surface area contributed by atoms with Crippen LogP contribution in [-0.2, 0) is 0 Å². The van der Waals surface area contributed by atoms with E-state index in [1.54, 1.807) is 30.3 Å². The van der Waals surface area contributed by atoms with Crippen molar-refractivity contribution in [3.05, 3.63) is 62.9 Å². The van der Waals surface area contributed by atoms with Gasteiger partial charge >= 0.3 is 0 Å². The molecule has 1 heterocycles. The van der Waals surface area contributed by atoms with E-state index in [2.05, 4.69) is 0 Å². The monoisotopic (exact) mass is 346 g/mol. The minimum atomic E-state index is -0.756. The molecule has 0 spiro atoms. The summed E-state index contributed by atoms with van der Waals surface area (Å²) in [6, 6.07) is 10.9. The fraction of sp³-hybridized carbons (Fsp3) is 0. The molecular weight excluding hydrogens is 336 g/mol. The van der Waals surface area contributed by atoms with Gasteiger partial charge in [0.05, 0.1) is 0 Å². The lowest BCUT2D eigenvalue weighted by Crippen LogP contribution is -2.08. The molecule has 0 bridgehead atoms. The van der Waals surface area contributed by atoms with Crippen LogP contribution in [0.5, 0.6) is 17.2 Å². The molecule has 0 aliphatic carbocycles. The van der Waals surface area contributed by atoms with Crippen molar-refractivity contribution in [2.24, 2.45) is 0 Å². The predicted octanol–water partition coefficient (Wildman–Crippen LogP) is 3.17. The Labute approximate surface area is 144 Å². The summed E-state index contributed by atoms with van der Waals surface area (Å²) in [6.07, 6.45) is 0. The van der Waals surface area contributed by atoms with Crippen molar-refractivity contribution in [2.75, 3.05) is 0 Å². The maximum atomic E-state index is 12.9. The van der Waals surface area contributed by atoms with Crippen molar-refractivity contribution < 1.29 is 19.7 Å². The zero-order valence-electron chi connectivity index (χ0n) is 13.1. The van der Waals surface area contributed by atoms with Gasteiger partial charge in [0.1, 0.15) is 0 Å². The Bertz CT molecular complexity index is 1500. The Balaban J connectivity index is 2.32. The summed E-state index contributed by atoms with van der Waals surface area (Å²) < 4.78 is 5.58. The van der Waals surface area contributed by atoms with Gasteiger partial charge in [0, 0.05) is 33.0 Å². The molecule has 0 aliphatic heterocycles. The highest BCUT2D eigenvalue weighted by Crippen LogP contribution is 2.43. The molecule has 0 saturated heterocycles. The largest absolute Gasteiger partial charge is 0.504 e. The Morgan fingerprint density at radius 2 is 1.42 bits per heavy atom. The number of phenolic OH excluding ortho intramolecular Hbond substituents is 3. The molecule has 5 aromatic rings. The van der Waals surface area contributed by atoms with Crippen molar-refractivity contribution in [1.82, 2.24) is 0 Å². The number of aromatic hydroxyl groups is 3. The fourth-order valence-electron chi connectivity index (χ4n) is 3.57. The molecular formula is C20H10O6. The molecule has 5 rings (SSSR count). The van der Waals surface area contributed by atoms with Gasteiger partial charge in [-0.05, 0) is 17.5 Å². The number of benzene rings is 4. The Kier molecular flexibility index (Phi) is 2.59. The summed E-state index contributed by atoms with van der Waals surface area (Å²) in [4.78, 5) is 25.0. The average molecular weight is 346 g/mol. The van der Waals surface area contributed by atoms with E-state index in [0.717, 1.165) is 6.07 Å². The standard InChI is InChI=1S/C20H10O6/c21-12-6-5-10-14-8-3-1-2-4-9(8)16(23)11-7-13(22)18(25)20(15(11)14)26-19(10)17(12)24/h1-7,21,24-25H. The van der Waals surface area contributed by atoms with Gasteiger partial charge in [-0.2, -0.15) is 0 Å². The highest BCUT2D eigenvalue weighted by molar-refractivity contribution is 6.29. The predicted molar refractivity (Wildman–Crippen MR) is 97.5 cm³/mol. The van der Waals surface area contributed by atoms with Crippen LogP contribution in [0.25, 0.3) is 43.5 Å². The number of phenols is 3. The topological polar surface area (TPSA) is 108 Å². The van der Waals surface area contributed by atoms with E-state index in [4.69, 9.17) is 4.42 Å². The van der Waals surface area contributed by atoms with Crippen molar-refractivity contribution in [1.29, 1.82) is 0 Å². The van der Waals surface area contributed by atoms with Crippen molar-refractivity contribution in [3.63, 3.8) is 0 Å². The average Bonchev–Trinajstić information content (AvgIpc) is 2.65. The first-order valence-corrected chi connectivity index (χ1v) is 7.80. The van der Waals surface area contributed by atoms with Gasteiger partial charge in [0.25, 0.3) is 0 Å². The smallest absolute Gasteiger partial charge is 0.224 e. The lowest BCUT2D eigenvalue weighted by atomic mass is 9.94. The summed E-state index contributed by atoms with van der Waals surface area (Å²) in [5.41, 5.74) is -1.37. The van der Waals surface area contributed by atoms with Gasteiger partial charge in [-0.3, -0.25) is 9.59 Å². The van der Waals surface area contributed by atoms with Crippen LogP contribution in [0.2, 0.25) is 0 Å². The molecule has 0 fully saturated rings. The number of hydrogen-bond acceptors (Lipinski definition) is 6. The van der Waals surface area contributed by atoms with Crippen molar-refractivity contribution >= 4 is 43.5 Å². The minimum absolute atomic E-state index is 0.0801. The molecule has 0 aliphatic rings. The third kappa shape index (κ3) is 1.60. The summed E-state index contributed by atoms with van der Waals surface area (Å²) in [5, 5.41) is 32.7. The molecule has 4 aromatic carbocycles. The molecule has 1 aromatic heterocycles. The van der Waals surface area contributed by atoms with Crippen molar-refractivity contribution in [2.45, 2.75) is 0 Å². The van der Waals surface area contributed by atoms with Gasteiger partial charge in [-0.15, -0.1) is 0 Å². The molecule has 6 nitrogen and oxygen atoms in total. The number of hydrogen-bond donors (Lipinski definition) is 3. The Morgan fingerprint density at radius 3 is 2.19 bits per heavy atom. The van der Waals surface area contributed by atoms with Crippen LogP contribution < -0.4 is 10.9 Å². The maximum Gasteiger partial charge on any atom is 0.224 e. The van der Waals surface area contributed by atoms with Crippen LogP contribution in [0.1, 0.15) is 0 Å². The lowest BCUT2D eigenvalue weighted by Gasteiger charge is -2.13. The van der Waals surface area contributed by atoms with Crippen molar-refractivity contribution in [3.8, 4) is 17.2 Å². The third-order valence-corrected chi connectivity index (χ3v) is 4.74. The zero-order valence-corrected chi connectivity index (χ0v) is 13.1. The zero-order chi connectivity index (χ0) is 18.2.